The number of nitrogens with two attached hydrogens (primary N) is 1. The first-order valence-corrected chi connectivity index (χ1v) is 4.48. The smallest absolute Gasteiger partial charge is 0.150 e. The lowest BCUT2D eigenvalue weighted by Gasteiger charge is -2.09. The van der Waals surface area contributed by atoms with E-state index in [0.29, 0.717) is 6.04 Å². The Bertz CT molecular complexity index is 264. The SMILES string of the molecule is CC[C@@H](N)c1nncn1C1CC1. The van der Waals surface area contributed by atoms with Crippen molar-refractivity contribution in [2.24, 2.45) is 5.73 Å². The Morgan fingerprint density at radius 3 is 3.08 bits per heavy atom. The fraction of sp³-hybridized carbons (Fsp3) is 0.750. The Hall–Kier alpha value is -0.900. The van der Waals surface area contributed by atoms with Gasteiger partial charge in [0.25, 0.3) is 0 Å². The van der Waals surface area contributed by atoms with Gasteiger partial charge >= 0.3 is 0 Å². The molecule has 0 aromatic carbocycles. The highest BCUT2D eigenvalue weighted by Gasteiger charge is 2.27. The molecular formula is C8H14N4. The van der Waals surface area contributed by atoms with Gasteiger partial charge in [0.15, 0.2) is 0 Å². The lowest BCUT2D eigenvalue weighted by molar-refractivity contribution is 0.581. The average molecular weight is 166 g/mol. The van der Waals surface area contributed by atoms with Gasteiger partial charge in [-0.25, -0.2) is 0 Å². The predicted molar refractivity (Wildman–Crippen MR) is 45.5 cm³/mol. The van der Waals surface area contributed by atoms with Crippen LogP contribution in [0.3, 0.4) is 0 Å². The Labute approximate surface area is 71.8 Å². The van der Waals surface area contributed by atoms with E-state index in [1.54, 1.807) is 6.33 Å². The van der Waals surface area contributed by atoms with Gasteiger partial charge in [-0.1, -0.05) is 6.92 Å². The summed E-state index contributed by atoms with van der Waals surface area (Å²) in [7, 11) is 0. The normalized spacial score (nSPS) is 19.5. The van der Waals surface area contributed by atoms with E-state index in [0.717, 1.165) is 12.2 Å². The third-order valence-corrected chi connectivity index (χ3v) is 2.31. The first-order valence-electron chi connectivity index (χ1n) is 4.48. The third-order valence-electron chi connectivity index (χ3n) is 2.31. The molecule has 4 nitrogen and oxygen atoms in total. The standard InChI is InChI=1S/C8H14N4/c1-2-7(9)8-11-10-5-12(8)6-3-4-6/h5-7H,2-4,9H2,1H3/t7-/m1/s1. The second-order valence-corrected chi connectivity index (χ2v) is 3.34. The van der Waals surface area contributed by atoms with Crippen molar-refractivity contribution in [1.82, 2.24) is 14.8 Å². The van der Waals surface area contributed by atoms with E-state index in [1.165, 1.54) is 12.8 Å². The van der Waals surface area contributed by atoms with Crippen molar-refractivity contribution < 1.29 is 0 Å². The van der Waals surface area contributed by atoms with E-state index >= 15 is 0 Å². The summed E-state index contributed by atoms with van der Waals surface area (Å²) in [5.74, 6) is 0.944. The molecule has 1 atom stereocenters. The van der Waals surface area contributed by atoms with Crippen molar-refractivity contribution in [2.45, 2.75) is 38.3 Å². The molecule has 1 aliphatic rings. The molecule has 1 aromatic heterocycles. The average Bonchev–Trinajstić information content (AvgIpc) is 2.83. The summed E-state index contributed by atoms with van der Waals surface area (Å²) in [5, 5.41) is 7.92. The van der Waals surface area contributed by atoms with E-state index in [2.05, 4.69) is 21.7 Å². The Balaban J connectivity index is 2.23. The number of rotatable bonds is 3. The lowest BCUT2D eigenvalue weighted by Crippen LogP contribution is -2.15. The first kappa shape index (κ1) is 7.73. The molecule has 1 fully saturated rings. The van der Waals surface area contributed by atoms with Crippen LogP contribution in [0.2, 0.25) is 0 Å². The molecule has 1 saturated carbocycles. The lowest BCUT2D eigenvalue weighted by atomic mass is 10.2. The van der Waals surface area contributed by atoms with Crippen LogP contribution in [0, 0.1) is 0 Å². The predicted octanol–water partition coefficient (Wildman–Crippen LogP) is 1.02. The molecule has 66 valence electrons. The van der Waals surface area contributed by atoms with Gasteiger partial charge in [0.2, 0.25) is 0 Å². The molecule has 0 unspecified atom stereocenters. The number of hydrogen-bond donors (Lipinski definition) is 1. The summed E-state index contributed by atoms with van der Waals surface area (Å²) in [6.45, 7) is 2.07. The molecule has 0 radical (unpaired) electrons. The van der Waals surface area contributed by atoms with E-state index in [-0.39, 0.29) is 6.04 Å². The van der Waals surface area contributed by atoms with Crippen molar-refractivity contribution >= 4 is 0 Å². The van der Waals surface area contributed by atoms with Crippen LogP contribution in [0.25, 0.3) is 0 Å². The Morgan fingerprint density at radius 2 is 2.50 bits per heavy atom. The summed E-state index contributed by atoms with van der Waals surface area (Å²) >= 11 is 0. The summed E-state index contributed by atoms with van der Waals surface area (Å²) in [4.78, 5) is 0. The Morgan fingerprint density at radius 1 is 1.75 bits per heavy atom. The maximum Gasteiger partial charge on any atom is 0.150 e. The summed E-state index contributed by atoms with van der Waals surface area (Å²) in [6, 6.07) is 0.681. The maximum absolute atomic E-state index is 5.88. The van der Waals surface area contributed by atoms with Gasteiger partial charge in [0, 0.05) is 6.04 Å². The molecule has 1 heterocycles. The van der Waals surface area contributed by atoms with Crippen LogP contribution in [0.4, 0.5) is 0 Å². The fourth-order valence-corrected chi connectivity index (χ4v) is 1.33. The summed E-state index contributed by atoms with van der Waals surface area (Å²) < 4.78 is 2.12. The third kappa shape index (κ3) is 1.22. The number of aromatic nitrogens is 3. The number of hydrogen-bond acceptors (Lipinski definition) is 3. The highest BCUT2D eigenvalue weighted by molar-refractivity contribution is 4.99. The first-order chi connectivity index (χ1) is 5.83. The molecule has 0 aliphatic heterocycles. The quantitative estimate of drug-likeness (QED) is 0.729. The van der Waals surface area contributed by atoms with Gasteiger partial charge in [-0.3, -0.25) is 0 Å². The summed E-state index contributed by atoms with van der Waals surface area (Å²) in [5.41, 5.74) is 5.88. The molecule has 4 heteroatoms. The van der Waals surface area contributed by atoms with Gasteiger partial charge in [0.1, 0.15) is 12.2 Å². The minimum Gasteiger partial charge on any atom is -0.321 e. The highest BCUT2D eigenvalue weighted by Crippen LogP contribution is 2.36. The van der Waals surface area contributed by atoms with Gasteiger partial charge in [-0.15, -0.1) is 10.2 Å². The topological polar surface area (TPSA) is 56.7 Å². The van der Waals surface area contributed by atoms with E-state index < -0.39 is 0 Å². The van der Waals surface area contributed by atoms with Crippen LogP contribution in [0.15, 0.2) is 6.33 Å². The van der Waals surface area contributed by atoms with E-state index in [9.17, 15) is 0 Å². The van der Waals surface area contributed by atoms with E-state index in [1.807, 2.05) is 0 Å². The van der Waals surface area contributed by atoms with Crippen molar-refractivity contribution in [3.8, 4) is 0 Å². The van der Waals surface area contributed by atoms with Gasteiger partial charge in [-0.05, 0) is 19.3 Å². The van der Waals surface area contributed by atoms with Crippen LogP contribution in [0.1, 0.15) is 44.1 Å². The molecule has 0 spiro atoms. The molecule has 0 amide bonds. The fourth-order valence-electron chi connectivity index (χ4n) is 1.33. The monoisotopic (exact) mass is 166 g/mol. The molecular weight excluding hydrogens is 152 g/mol. The zero-order chi connectivity index (χ0) is 8.55. The van der Waals surface area contributed by atoms with Crippen molar-refractivity contribution in [1.29, 1.82) is 0 Å². The largest absolute Gasteiger partial charge is 0.321 e. The van der Waals surface area contributed by atoms with Crippen molar-refractivity contribution in [3.05, 3.63) is 12.2 Å². The maximum atomic E-state index is 5.88. The molecule has 2 rings (SSSR count). The molecule has 0 bridgehead atoms. The van der Waals surface area contributed by atoms with Crippen LogP contribution in [-0.4, -0.2) is 14.8 Å². The van der Waals surface area contributed by atoms with Gasteiger partial charge < -0.3 is 10.3 Å². The zero-order valence-electron chi connectivity index (χ0n) is 7.27. The van der Waals surface area contributed by atoms with Crippen LogP contribution < -0.4 is 5.73 Å². The minimum absolute atomic E-state index is 0.0492. The molecule has 1 aliphatic carbocycles. The van der Waals surface area contributed by atoms with Gasteiger partial charge in [0.05, 0.1) is 6.04 Å². The van der Waals surface area contributed by atoms with Crippen LogP contribution in [-0.2, 0) is 0 Å². The number of nitrogens with zero attached hydrogens (tertiary/aromatic N) is 3. The second-order valence-electron chi connectivity index (χ2n) is 3.34. The molecule has 0 saturated heterocycles. The van der Waals surface area contributed by atoms with Crippen molar-refractivity contribution in [2.75, 3.05) is 0 Å². The van der Waals surface area contributed by atoms with Crippen LogP contribution >= 0.6 is 0 Å². The van der Waals surface area contributed by atoms with Crippen LogP contribution in [0.5, 0.6) is 0 Å². The molecule has 2 N–H and O–H groups in total. The van der Waals surface area contributed by atoms with E-state index in [4.69, 9.17) is 5.73 Å². The molecule has 1 aromatic rings. The molecule has 12 heavy (non-hydrogen) atoms. The highest BCUT2D eigenvalue weighted by atomic mass is 15.3. The minimum atomic E-state index is 0.0492. The Kier molecular flexibility index (Phi) is 1.84. The second kappa shape index (κ2) is 2.86. The zero-order valence-corrected chi connectivity index (χ0v) is 7.27. The van der Waals surface area contributed by atoms with Gasteiger partial charge in [-0.2, -0.15) is 0 Å². The van der Waals surface area contributed by atoms with Crippen molar-refractivity contribution in [3.63, 3.8) is 0 Å². The summed E-state index contributed by atoms with van der Waals surface area (Å²) in [6.07, 6.45) is 5.22.